The highest BCUT2D eigenvalue weighted by Crippen LogP contribution is 2.18. The fourth-order valence-corrected chi connectivity index (χ4v) is 2.20. The lowest BCUT2D eigenvalue weighted by molar-refractivity contribution is 0.842. The van der Waals surface area contributed by atoms with Crippen LogP contribution in [0.2, 0.25) is 0 Å². The molecule has 92 valence electrons. The summed E-state index contributed by atoms with van der Waals surface area (Å²) in [6.07, 6.45) is 4.46. The van der Waals surface area contributed by atoms with Crippen molar-refractivity contribution < 1.29 is 0 Å². The SMILES string of the molecule is CSCCCCNc1cc(C)nc(C)c1C#N. The van der Waals surface area contributed by atoms with Gasteiger partial charge in [-0.1, -0.05) is 0 Å². The maximum Gasteiger partial charge on any atom is 0.103 e. The van der Waals surface area contributed by atoms with Gasteiger partial charge in [0.25, 0.3) is 0 Å². The van der Waals surface area contributed by atoms with Gasteiger partial charge >= 0.3 is 0 Å². The van der Waals surface area contributed by atoms with E-state index in [4.69, 9.17) is 5.26 Å². The molecule has 0 saturated heterocycles. The molecule has 0 aliphatic carbocycles. The number of nitrogens with zero attached hydrogens (tertiary/aromatic N) is 2. The summed E-state index contributed by atoms with van der Waals surface area (Å²) >= 11 is 1.87. The molecule has 0 spiro atoms. The Bertz CT molecular complexity index is 410. The topological polar surface area (TPSA) is 48.7 Å². The van der Waals surface area contributed by atoms with E-state index in [1.807, 2.05) is 31.7 Å². The van der Waals surface area contributed by atoms with E-state index < -0.39 is 0 Å². The van der Waals surface area contributed by atoms with E-state index in [2.05, 4.69) is 22.6 Å². The first-order valence-corrected chi connectivity index (χ1v) is 7.19. The molecule has 1 aromatic heterocycles. The number of hydrogen-bond donors (Lipinski definition) is 1. The molecule has 17 heavy (non-hydrogen) atoms. The normalized spacial score (nSPS) is 10.0. The van der Waals surface area contributed by atoms with Crippen LogP contribution in [0.15, 0.2) is 6.07 Å². The molecule has 0 fully saturated rings. The molecule has 1 N–H and O–H groups in total. The maximum absolute atomic E-state index is 9.10. The third-order valence-electron chi connectivity index (χ3n) is 2.53. The van der Waals surface area contributed by atoms with Crippen LogP contribution in [0.1, 0.15) is 29.8 Å². The van der Waals surface area contributed by atoms with Crippen molar-refractivity contribution >= 4 is 17.4 Å². The Morgan fingerprint density at radius 2 is 2.18 bits per heavy atom. The fraction of sp³-hybridized carbons (Fsp3) is 0.538. The lowest BCUT2D eigenvalue weighted by Crippen LogP contribution is -2.06. The molecule has 1 aromatic rings. The highest BCUT2D eigenvalue weighted by atomic mass is 32.2. The zero-order valence-corrected chi connectivity index (χ0v) is 11.5. The molecule has 1 heterocycles. The molecule has 0 amide bonds. The molecule has 4 heteroatoms. The number of nitrogens with one attached hydrogen (secondary N) is 1. The average Bonchev–Trinajstić information content (AvgIpc) is 2.28. The Labute approximate surface area is 108 Å². The molecule has 0 saturated carbocycles. The van der Waals surface area contributed by atoms with E-state index >= 15 is 0 Å². The van der Waals surface area contributed by atoms with Crippen molar-refractivity contribution in [2.75, 3.05) is 23.9 Å². The number of hydrogen-bond acceptors (Lipinski definition) is 4. The van der Waals surface area contributed by atoms with E-state index in [0.717, 1.165) is 30.0 Å². The van der Waals surface area contributed by atoms with Crippen molar-refractivity contribution in [3.63, 3.8) is 0 Å². The molecular weight excluding hydrogens is 230 g/mol. The van der Waals surface area contributed by atoms with Crippen LogP contribution < -0.4 is 5.32 Å². The van der Waals surface area contributed by atoms with Crippen LogP contribution in [0.5, 0.6) is 0 Å². The van der Waals surface area contributed by atoms with Gasteiger partial charge < -0.3 is 5.32 Å². The molecule has 0 radical (unpaired) electrons. The molecular formula is C13H19N3S. The van der Waals surface area contributed by atoms with Crippen LogP contribution in [-0.2, 0) is 0 Å². The van der Waals surface area contributed by atoms with Crippen LogP contribution in [0.4, 0.5) is 5.69 Å². The predicted molar refractivity (Wildman–Crippen MR) is 74.5 cm³/mol. The highest BCUT2D eigenvalue weighted by molar-refractivity contribution is 7.98. The average molecular weight is 249 g/mol. The largest absolute Gasteiger partial charge is 0.384 e. The summed E-state index contributed by atoms with van der Waals surface area (Å²) in [6.45, 7) is 4.75. The Balaban J connectivity index is 2.61. The van der Waals surface area contributed by atoms with Crippen LogP contribution >= 0.6 is 11.8 Å². The van der Waals surface area contributed by atoms with E-state index in [1.165, 1.54) is 12.2 Å². The zero-order chi connectivity index (χ0) is 12.7. The smallest absolute Gasteiger partial charge is 0.103 e. The molecule has 0 unspecified atom stereocenters. The maximum atomic E-state index is 9.10. The lowest BCUT2D eigenvalue weighted by atomic mass is 10.1. The van der Waals surface area contributed by atoms with Crippen molar-refractivity contribution in [1.82, 2.24) is 4.98 Å². The van der Waals surface area contributed by atoms with Crippen LogP contribution in [-0.4, -0.2) is 23.5 Å². The minimum atomic E-state index is 0.667. The predicted octanol–water partition coefficient (Wildman–Crippen LogP) is 3.13. The Morgan fingerprint density at radius 1 is 1.41 bits per heavy atom. The van der Waals surface area contributed by atoms with Gasteiger partial charge in [-0.15, -0.1) is 0 Å². The van der Waals surface area contributed by atoms with Gasteiger partial charge in [0.1, 0.15) is 6.07 Å². The van der Waals surface area contributed by atoms with Gasteiger partial charge in [0.2, 0.25) is 0 Å². The van der Waals surface area contributed by atoms with Gasteiger partial charge in [0, 0.05) is 12.2 Å². The molecule has 0 atom stereocenters. The summed E-state index contributed by atoms with van der Waals surface area (Å²) in [6, 6.07) is 4.16. The molecule has 0 aromatic carbocycles. The van der Waals surface area contributed by atoms with Crippen LogP contribution in [0, 0.1) is 25.2 Å². The van der Waals surface area contributed by atoms with Gasteiger partial charge in [-0.05, 0) is 44.8 Å². The number of thioether (sulfide) groups is 1. The molecule has 3 nitrogen and oxygen atoms in total. The first kappa shape index (κ1) is 13.9. The van der Waals surface area contributed by atoms with E-state index in [1.54, 1.807) is 0 Å². The van der Waals surface area contributed by atoms with Crippen LogP contribution in [0.25, 0.3) is 0 Å². The van der Waals surface area contributed by atoms with Crippen molar-refractivity contribution in [3.05, 3.63) is 23.0 Å². The molecule has 0 aliphatic rings. The van der Waals surface area contributed by atoms with Gasteiger partial charge in [0.05, 0.1) is 16.9 Å². The fourth-order valence-electron chi connectivity index (χ4n) is 1.70. The summed E-state index contributed by atoms with van der Waals surface area (Å²) in [5, 5.41) is 12.4. The van der Waals surface area contributed by atoms with E-state index in [-0.39, 0.29) is 0 Å². The monoisotopic (exact) mass is 249 g/mol. The van der Waals surface area contributed by atoms with Crippen molar-refractivity contribution in [2.24, 2.45) is 0 Å². The highest BCUT2D eigenvalue weighted by Gasteiger charge is 2.06. The van der Waals surface area contributed by atoms with Crippen molar-refractivity contribution in [1.29, 1.82) is 5.26 Å². The first-order valence-electron chi connectivity index (χ1n) is 5.80. The number of pyridine rings is 1. The number of rotatable bonds is 6. The van der Waals surface area contributed by atoms with Gasteiger partial charge in [-0.2, -0.15) is 17.0 Å². The third-order valence-corrected chi connectivity index (χ3v) is 3.23. The summed E-state index contributed by atoms with van der Waals surface area (Å²) < 4.78 is 0. The van der Waals surface area contributed by atoms with Gasteiger partial charge in [0.15, 0.2) is 0 Å². The van der Waals surface area contributed by atoms with Gasteiger partial charge in [-0.3, -0.25) is 4.98 Å². The summed E-state index contributed by atoms with van der Waals surface area (Å²) in [7, 11) is 0. The molecule has 0 aliphatic heterocycles. The number of anilines is 1. The van der Waals surface area contributed by atoms with E-state index in [9.17, 15) is 0 Å². The summed E-state index contributed by atoms with van der Waals surface area (Å²) in [5.41, 5.74) is 3.34. The summed E-state index contributed by atoms with van der Waals surface area (Å²) in [5.74, 6) is 1.20. The van der Waals surface area contributed by atoms with Crippen molar-refractivity contribution in [2.45, 2.75) is 26.7 Å². The second-order valence-electron chi connectivity index (χ2n) is 4.01. The first-order chi connectivity index (χ1) is 8.19. The third kappa shape index (κ3) is 4.27. The second kappa shape index (κ2) is 7.18. The summed E-state index contributed by atoms with van der Waals surface area (Å²) in [4.78, 5) is 4.30. The standard InChI is InChI=1S/C13H19N3S/c1-10-8-13(12(9-14)11(2)16-10)15-6-4-5-7-17-3/h8H,4-7H2,1-3H3,(H,15,16). The van der Waals surface area contributed by atoms with Crippen molar-refractivity contribution in [3.8, 4) is 6.07 Å². The molecule has 0 bridgehead atoms. The Kier molecular flexibility index (Phi) is 5.85. The van der Waals surface area contributed by atoms with Gasteiger partial charge in [-0.25, -0.2) is 0 Å². The number of aryl methyl sites for hydroxylation is 2. The Hall–Kier alpha value is -1.21. The molecule has 1 rings (SSSR count). The lowest BCUT2D eigenvalue weighted by Gasteiger charge is -2.10. The number of aromatic nitrogens is 1. The van der Waals surface area contributed by atoms with Crippen LogP contribution in [0.3, 0.4) is 0 Å². The zero-order valence-electron chi connectivity index (χ0n) is 10.7. The quantitative estimate of drug-likeness (QED) is 0.787. The number of nitriles is 1. The minimum Gasteiger partial charge on any atom is -0.384 e. The van der Waals surface area contributed by atoms with E-state index in [0.29, 0.717) is 5.56 Å². The second-order valence-corrected chi connectivity index (χ2v) is 5.00. The minimum absolute atomic E-state index is 0.667. The number of unbranched alkanes of at least 4 members (excludes halogenated alkanes) is 1. The Morgan fingerprint density at radius 3 is 2.82 bits per heavy atom.